The van der Waals surface area contributed by atoms with E-state index in [0.29, 0.717) is 0 Å². The lowest BCUT2D eigenvalue weighted by molar-refractivity contribution is -0.149. The molecule has 0 saturated heterocycles. The van der Waals surface area contributed by atoms with Crippen molar-refractivity contribution in [2.45, 2.75) is 64.7 Å². The van der Waals surface area contributed by atoms with Gasteiger partial charge in [0.25, 0.3) is 0 Å². The van der Waals surface area contributed by atoms with E-state index in [-0.39, 0.29) is 5.41 Å². The molecule has 2 heteroatoms. The molecular weight excluding hydrogens is 176 g/mol. The molecular formula is C12H22O2. The molecule has 0 radical (unpaired) electrons. The molecule has 0 unspecified atom stereocenters. The molecule has 82 valence electrons. The second-order valence-electron chi connectivity index (χ2n) is 4.60. The van der Waals surface area contributed by atoms with Crippen molar-refractivity contribution in [1.82, 2.24) is 0 Å². The molecule has 0 atom stereocenters. The van der Waals surface area contributed by atoms with Crippen molar-refractivity contribution in [3.63, 3.8) is 0 Å². The van der Waals surface area contributed by atoms with Crippen LogP contribution in [0.5, 0.6) is 0 Å². The van der Waals surface area contributed by atoms with Crippen molar-refractivity contribution in [2.24, 2.45) is 5.41 Å². The summed E-state index contributed by atoms with van der Waals surface area (Å²) in [6.45, 7) is 2.18. The van der Waals surface area contributed by atoms with Gasteiger partial charge in [-0.3, -0.25) is 4.79 Å². The van der Waals surface area contributed by atoms with Crippen LogP contribution in [-0.2, 0) is 4.79 Å². The number of carboxylic acids is 1. The van der Waals surface area contributed by atoms with Gasteiger partial charge in [-0.05, 0) is 19.3 Å². The van der Waals surface area contributed by atoms with E-state index in [1.807, 2.05) is 0 Å². The van der Waals surface area contributed by atoms with Gasteiger partial charge in [0, 0.05) is 0 Å². The van der Waals surface area contributed by atoms with E-state index in [9.17, 15) is 9.90 Å². The standard InChI is InChI=1S/C12H22O2/c1-2-3-4-5-8-12(11(13)14)9-6-7-10-12/h2-10H2,1H3,(H,13,14). The van der Waals surface area contributed by atoms with Gasteiger partial charge in [-0.25, -0.2) is 0 Å². The zero-order valence-electron chi connectivity index (χ0n) is 9.22. The van der Waals surface area contributed by atoms with E-state index in [1.54, 1.807) is 0 Å². The van der Waals surface area contributed by atoms with Crippen LogP contribution in [-0.4, -0.2) is 11.1 Å². The fourth-order valence-electron chi connectivity index (χ4n) is 2.51. The van der Waals surface area contributed by atoms with Crippen molar-refractivity contribution in [3.05, 3.63) is 0 Å². The largest absolute Gasteiger partial charge is 0.481 e. The van der Waals surface area contributed by atoms with Gasteiger partial charge in [-0.2, -0.15) is 0 Å². The van der Waals surface area contributed by atoms with Gasteiger partial charge in [-0.1, -0.05) is 45.4 Å². The lowest BCUT2D eigenvalue weighted by Gasteiger charge is -2.23. The van der Waals surface area contributed by atoms with Gasteiger partial charge in [-0.15, -0.1) is 0 Å². The molecule has 0 spiro atoms. The minimum atomic E-state index is -0.550. The average molecular weight is 198 g/mol. The summed E-state index contributed by atoms with van der Waals surface area (Å²) in [4.78, 5) is 11.2. The Morgan fingerprint density at radius 3 is 2.36 bits per heavy atom. The summed E-state index contributed by atoms with van der Waals surface area (Å²) in [6.07, 6.45) is 9.72. The Kier molecular flexibility index (Phi) is 4.43. The van der Waals surface area contributed by atoms with Crippen molar-refractivity contribution < 1.29 is 9.90 Å². The number of carboxylic acid groups (broad SMARTS) is 1. The fourth-order valence-corrected chi connectivity index (χ4v) is 2.51. The van der Waals surface area contributed by atoms with Gasteiger partial charge in [0.2, 0.25) is 0 Å². The summed E-state index contributed by atoms with van der Waals surface area (Å²) in [5.41, 5.74) is -0.340. The van der Waals surface area contributed by atoms with Crippen LogP contribution in [0.25, 0.3) is 0 Å². The molecule has 1 aliphatic rings. The lowest BCUT2D eigenvalue weighted by Crippen LogP contribution is -2.27. The molecule has 0 aromatic carbocycles. The SMILES string of the molecule is CCCCCCC1(C(=O)O)CCCC1. The molecule has 0 aromatic heterocycles. The Morgan fingerprint density at radius 1 is 1.21 bits per heavy atom. The molecule has 0 aromatic rings. The zero-order chi connectivity index (χ0) is 10.4. The number of rotatable bonds is 6. The number of hydrogen-bond donors (Lipinski definition) is 1. The maximum absolute atomic E-state index is 11.2. The van der Waals surface area contributed by atoms with Gasteiger partial charge in [0.05, 0.1) is 5.41 Å². The summed E-state index contributed by atoms with van der Waals surface area (Å²) in [6, 6.07) is 0. The number of carbonyl (C=O) groups is 1. The molecule has 0 heterocycles. The molecule has 0 amide bonds. The van der Waals surface area contributed by atoms with Crippen LogP contribution in [0.15, 0.2) is 0 Å². The lowest BCUT2D eigenvalue weighted by atomic mass is 9.81. The number of aliphatic carboxylic acids is 1. The van der Waals surface area contributed by atoms with Gasteiger partial charge >= 0.3 is 5.97 Å². The van der Waals surface area contributed by atoms with Crippen LogP contribution in [0.1, 0.15) is 64.7 Å². The summed E-state index contributed by atoms with van der Waals surface area (Å²) >= 11 is 0. The molecule has 14 heavy (non-hydrogen) atoms. The normalized spacial score (nSPS) is 19.8. The monoisotopic (exact) mass is 198 g/mol. The predicted octanol–water partition coefficient (Wildman–Crippen LogP) is 3.60. The van der Waals surface area contributed by atoms with E-state index in [1.165, 1.54) is 19.3 Å². The molecule has 0 aliphatic heterocycles. The maximum Gasteiger partial charge on any atom is 0.309 e. The van der Waals surface area contributed by atoms with E-state index in [2.05, 4.69) is 6.92 Å². The Bertz CT molecular complexity index is 181. The Morgan fingerprint density at radius 2 is 1.86 bits per heavy atom. The number of hydrogen-bond acceptors (Lipinski definition) is 1. The summed E-state index contributed by atoms with van der Waals surface area (Å²) in [7, 11) is 0. The third-order valence-electron chi connectivity index (χ3n) is 3.52. The van der Waals surface area contributed by atoms with E-state index >= 15 is 0 Å². The molecule has 0 bridgehead atoms. The molecule has 1 rings (SSSR count). The number of unbranched alkanes of at least 4 members (excludes halogenated alkanes) is 3. The van der Waals surface area contributed by atoms with E-state index < -0.39 is 5.97 Å². The van der Waals surface area contributed by atoms with Crippen LogP contribution >= 0.6 is 0 Å². The molecule has 1 N–H and O–H groups in total. The summed E-state index contributed by atoms with van der Waals surface area (Å²) < 4.78 is 0. The minimum Gasteiger partial charge on any atom is -0.481 e. The Labute approximate surface area is 86.7 Å². The van der Waals surface area contributed by atoms with Crippen LogP contribution in [0.4, 0.5) is 0 Å². The fraction of sp³-hybridized carbons (Fsp3) is 0.917. The molecule has 1 saturated carbocycles. The average Bonchev–Trinajstić information content (AvgIpc) is 2.62. The van der Waals surface area contributed by atoms with Crippen molar-refractivity contribution in [2.75, 3.05) is 0 Å². The first-order valence-electron chi connectivity index (χ1n) is 5.95. The van der Waals surface area contributed by atoms with Crippen molar-refractivity contribution in [1.29, 1.82) is 0 Å². The summed E-state index contributed by atoms with van der Waals surface area (Å²) in [5, 5.41) is 9.22. The van der Waals surface area contributed by atoms with Crippen LogP contribution in [0.3, 0.4) is 0 Å². The van der Waals surface area contributed by atoms with Gasteiger partial charge in [0.1, 0.15) is 0 Å². The predicted molar refractivity (Wildman–Crippen MR) is 57.3 cm³/mol. The third kappa shape index (κ3) is 2.73. The Balaban J connectivity index is 2.33. The highest BCUT2D eigenvalue weighted by molar-refractivity contribution is 5.74. The second-order valence-corrected chi connectivity index (χ2v) is 4.60. The summed E-state index contributed by atoms with van der Waals surface area (Å²) in [5.74, 6) is -0.550. The van der Waals surface area contributed by atoms with E-state index in [4.69, 9.17) is 0 Å². The first-order chi connectivity index (χ1) is 6.71. The second kappa shape index (κ2) is 5.38. The first kappa shape index (κ1) is 11.5. The van der Waals surface area contributed by atoms with Gasteiger partial charge in [0.15, 0.2) is 0 Å². The van der Waals surface area contributed by atoms with Crippen LogP contribution in [0.2, 0.25) is 0 Å². The quantitative estimate of drug-likeness (QED) is 0.662. The van der Waals surface area contributed by atoms with Crippen molar-refractivity contribution >= 4 is 5.97 Å². The van der Waals surface area contributed by atoms with Gasteiger partial charge < -0.3 is 5.11 Å². The third-order valence-corrected chi connectivity index (χ3v) is 3.52. The smallest absolute Gasteiger partial charge is 0.309 e. The topological polar surface area (TPSA) is 37.3 Å². The first-order valence-corrected chi connectivity index (χ1v) is 5.95. The van der Waals surface area contributed by atoms with Crippen LogP contribution in [0, 0.1) is 5.41 Å². The molecule has 1 aliphatic carbocycles. The van der Waals surface area contributed by atoms with Crippen LogP contribution < -0.4 is 0 Å². The molecule has 2 nitrogen and oxygen atoms in total. The highest BCUT2D eigenvalue weighted by atomic mass is 16.4. The maximum atomic E-state index is 11.2. The van der Waals surface area contributed by atoms with Crippen molar-refractivity contribution in [3.8, 4) is 0 Å². The zero-order valence-corrected chi connectivity index (χ0v) is 9.22. The highest BCUT2D eigenvalue weighted by Crippen LogP contribution is 2.42. The highest BCUT2D eigenvalue weighted by Gasteiger charge is 2.40. The Hall–Kier alpha value is -0.530. The molecule has 1 fully saturated rings. The minimum absolute atomic E-state index is 0.340. The van der Waals surface area contributed by atoms with E-state index in [0.717, 1.165) is 38.5 Å².